The van der Waals surface area contributed by atoms with E-state index in [2.05, 4.69) is 0 Å². The minimum atomic E-state index is -0.473. The van der Waals surface area contributed by atoms with E-state index in [1.807, 2.05) is 46.8 Å². The summed E-state index contributed by atoms with van der Waals surface area (Å²) in [5.41, 5.74) is 8.65. The molecule has 0 aromatic heterocycles. The number of amides is 1. The van der Waals surface area contributed by atoms with E-state index in [0.717, 1.165) is 18.6 Å². The molecule has 0 unspecified atom stereocenters. The molecule has 1 aliphatic heterocycles. The highest BCUT2D eigenvalue weighted by Crippen LogP contribution is 2.29. The molecule has 0 fully saturated rings. The van der Waals surface area contributed by atoms with Gasteiger partial charge in [0.25, 0.3) is 0 Å². The highest BCUT2D eigenvalue weighted by Gasteiger charge is 2.24. The fraction of sp³-hybridized carbons (Fsp3) is 0.611. The summed E-state index contributed by atoms with van der Waals surface area (Å²) in [6, 6.07) is 3.99. The Morgan fingerprint density at radius 1 is 1.17 bits per heavy atom. The Hall–Kier alpha value is -1.91. The van der Waals surface area contributed by atoms with E-state index in [9.17, 15) is 4.79 Å². The largest absolute Gasteiger partial charge is 0.489 e. The number of nitrogen functional groups attached to an aromatic ring is 1. The monoisotopic (exact) mass is 320 g/mol. The van der Waals surface area contributed by atoms with Crippen molar-refractivity contribution in [1.82, 2.24) is 4.90 Å². The normalized spacial score (nSPS) is 15.1. The molecule has 0 saturated carbocycles. The Labute approximate surface area is 138 Å². The lowest BCUT2D eigenvalue weighted by atomic mass is 10.0. The van der Waals surface area contributed by atoms with Gasteiger partial charge in [0.2, 0.25) is 0 Å². The van der Waals surface area contributed by atoms with Gasteiger partial charge in [-0.2, -0.15) is 0 Å². The molecule has 1 aromatic carbocycles. The van der Waals surface area contributed by atoms with Gasteiger partial charge >= 0.3 is 6.09 Å². The number of hydrogen-bond acceptors (Lipinski definition) is 4. The number of rotatable bonds is 2. The van der Waals surface area contributed by atoms with Crippen molar-refractivity contribution in [3.63, 3.8) is 0 Å². The molecule has 2 rings (SSSR count). The van der Waals surface area contributed by atoms with Crippen LogP contribution < -0.4 is 10.5 Å². The number of carbonyl (C=O) groups excluding carboxylic acids is 1. The van der Waals surface area contributed by atoms with E-state index in [0.29, 0.717) is 18.8 Å². The molecule has 23 heavy (non-hydrogen) atoms. The van der Waals surface area contributed by atoms with Crippen LogP contribution in [-0.4, -0.2) is 35.8 Å². The fourth-order valence-corrected chi connectivity index (χ4v) is 2.64. The average Bonchev–Trinajstić information content (AvgIpc) is 2.59. The van der Waals surface area contributed by atoms with Crippen molar-refractivity contribution >= 4 is 11.8 Å². The topological polar surface area (TPSA) is 64.8 Å². The third-order valence-electron chi connectivity index (χ3n) is 3.65. The zero-order valence-electron chi connectivity index (χ0n) is 14.8. The Morgan fingerprint density at radius 2 is 1.74 bits per heavy atom. The number of hydrogen-bond donors (Lipinski definition) is 1. The van der Waals surface area contributed by atoms with Gasteiger partial charge in [0.15, 0.2) is 0 Å². The molecule has 5 nitrogen and oxygen atoms in total. The molecule has 1 amide bonds. The van der Waals surface area contributed by atoms with Crippen LogP contribution in [0, 0.1) is 0 Å². The predicted molar refractivity (Wildman–Crippen MR) is 91.8 cm³/mol. The molecule has 0 spiro atoms. The van der Waals surface area contributed by atoms with Crippen molar-refractivity contribution in [3.8, 4) is 5.75 Å². The van der Waals surface area contributed by atoms with E-state index in [-0.39, 0.29) is 12.2 Å². The van der Waals surface area contributed by atoms with Gasteiger partial charge in [-0.3, -0.25) is 0 Å². The molecule has 1 aromatic rings. The first-order chi connectivity index (χ1) is 10.7. The molecule has 0 saturated heterocycles. The van der Waals surface area contributed by atoms with Gasteiger partial charge in [-0.15, -0.1) is 0 Å². The van der Waals surface area contributed by atoms with Crippen molar-refractivity contribution in [2.75, 3.05) is 18.8 Å². The van der Waals surface area contributed by atoms with Crippen LogP contribution in [0.1, 0.15) is 45.7 Å². The summed E-state index contributed by atoms with van der Waals surface area (Å²) in [6.07, 6.45) is 1.39. The fourth-order valence-electron chi connectivity index (χ4n) is 2.64. The Balaban J connectivity index is 2.12. The molecule has 0 atom stereocenters. The standard InChI is InChI=1S/C18H28N2O3/c1-12(2)22-16-11-14-7-9-20(17(21)23-18(3,4)5)8-6-13(14)10-15(16)19/h10-12H,6-9,19H2,1-5H3. The van der Waals surface area contributed by atoms with Crippen LogP contribution in [0.25, 0.3) is 0 Å². The van der Waals surface area contributed by atoms with Crippen LogP contribution in [0.15, 0.2) is 12.1 Å². The number of anilines is 1. The smallest absolute Gasteiger partial charge is 0.410 e. The zero-order chi connectivity index (χ0) is 17.2. The summed E-state index contributed by atoms with van der Waals surface area (Å²) in [5, 5.41) is 0. The maximum Gasteiger partial charge on any atom is 0.410 e. The summed E-state index contributed by atoms with van der Waals surface area (Å²) in [6.45, 7) is 10.9. The van der Waals surface area contributed by atoms with Gasteiger partial charge in [-0.05, 0) is 70.7 Å². The summed E-state index contributed by atoms with van der Waals surface area (Å²) >= 11 is 0. The van der Waals surface area contributed by atoms with Crippen LogP contribution in [0.2, 0.25) is 0 Å². The first-order valence-electron chi connectivity index (χ1n) is 8.21. The lowest BCUT2D eigenvalue weighted by molar-refractivity contribution is 0.0258. The number of benzene rings is 1. The zero-order valence-corrected chi connectivity index (χ0v) is 14.8. The van der Waals surface area contributed by atoms with Crippen LogP contribution in [0.5, 0.6) is 5.75 Å². The molecule has 1 heterocycles. The van der Waals surface area contributed by atoms with Crippen LogP contribution in [0.4, 0.5) is 10.5 Å². The van der Waals surface area contributed by atoms with Gasteiger partial charge in [0.1, 0.15) is 11.4 Å². The molecular weight excluding hydrogens is 292 g/mol. The van der Waals surface area contributed by atoms with Crippen LogP contribution in [0.3, 0.4) is 0 Å². The number of nitrogens with zero attached hydrogens (tertiary/aromatic N) is 1. The van der Waals surface area contributed by atoms with Gasteiger partial charge < -0.3 is 20.1 Å². The number of ether oxygens (including phenoxy) is 2. The Bertz CT molecular complexity index is 576. The number of nitrogens with two attached hydrogens (primary N) is 1. The molecule has 0 radical (unpaired) electrons. The lowest BCUT2D eigenvalue weighted by Crippen LogP contribution is -2.38. The van der Waals surface area contributed by atoms with Gasteiger partial charge in [0.05, 0.1) is 11.8 Å². The summed E-state index contributed by atoms with van der Waals surface area (Å²) < 4.78 is 11.2. The van der Waals surface area contributed by atoms with Crippen LogP contribution >= 0.6 is 0 Å². The Kier molecular flexibility index (Phi) is 5.07. The number of carbonyl (C=O) groups is 1. The van der Waals surface area contributed by atoms with E-state index in [4.69, 9.17) is 15.2 Å². The van der Waals surface area contributed by atoms with Crippen molar-refractivity contribution in [1.29, 1.82) is 0 Å². The Morgan fingerprint density at radius 3 is 2.26 bits per heavy atom. The number of fused-ring (bicyclic) bond motifs is 1. The summed E-state index contributed by atoms with van der Waals surface area (Å²) in [4.78, 5) is 14.0. The molecule has 0 bridgehead atoms. The summed E-state index contributed by atoms with van der Waals surface area (Å²) in [7, 11) is 0. The molecule has 128 valence electrons. The highest BCUT2D eigenvalue weighted by atomic mass is 16.6. The maximum atomic E-state index is 12.3. The average molecular weight is 320 g/mol. The van der Waals surface area contributed by atoms with Gasteiger partial charge in [-0.1, -0.05) is 0 Å². The van der Waals surface area contributed by atoms with Crippen molar-refractivity contribution < 1.29 is 14.3 Å². The molecule has 2 N–H and O–H groups in total. The molecule has 5 heteroatoms. The van der Waals surface area contributed by atoms with E-state index < -0.39 is 5.60 Å². The van der Waals surface area contributed by atoms with Crippen molar-refractivity contribution in [2.45, 2.75) is 59.2 Å². The van der Waals surface area contributed by atoms with Crippen molar-refractivity contribution in [3.05, 3.63) is 23.3 Å². The summed E-state index contributed by atoms with van der Waals surface area (Å²) in [5.74, 6) is 0.726. The minimum absolute atomic E-state index is 0.0828. The first kappa shape index (κ1) is 17.4. The second-order valence-electron chi connectivity index (χ2n) is 7.29. The highest BCUT2D eigenvalue weighted by molar-refractivity contribution is 5.68. The van der Waals surface area contributed by atoms with E-state index >= 15 is 0 Å². The predicted octanol–water partition coefficient (Wildman–Crippen LogP) is 3.39. The second-order valence-corrected chi connectivity index (χ2v) is 7.29. The van der Waals surface area contributed by atoms with E-state index in [1.54, 1.807) is 4.90 Å². The molecule has 1 aliphatic rings. The maximum absolute atomic E-state index is 12.3. The van der Waals surface area contributed by atoms with Gasteiger partial charge in [0, 0.05) is 13.1 Å². The first-order valence-corrected chi connectivity index (χ1v) is 8.21. The quantitative estimate of drug-likeness (QED) is 0.848. The van der Waals surface area contributed by atoms with Crippen molar-refractivity contribution in [2.24, 2.45) is 0 Å². The van der Waals surface area contributed by atoms with Crippen LogP contribution in [-0.2, 0) is 17.6 Å². The van der Waals surface area contributed by atoms with Gasteiger partial charge in [-0.25, -0.2) is 4.79 Å². The SMILES string of the molecule is CC(C)Oc1cc2c(cc1N)CCN(C(=O)OC(C)(C)C)CC2. The second kappa shape index (κ2) is 6.69. The molecule has 0 aliphatic carbocycles. The third kappa shape index (κ3) is 4.78. The third-order valence-corrected chi connectivity index (χ3v) is 3.65. The minimum Gasteiger partial charge on any atom is -0.489 e. The van der Waals surface area contributed by atoms with E-state index in [1.165, 1.54) is 11.1 Å². The lowest BCUT2D eigenvalue weighted by Gasteiger charge is -2.26. The molecular formula is C18H28N2O3.